The Balaban J connectivity index is 1.33. The lowest BCUT2D eigenvalue weighted by atomic mass is 9.97. The molecule has 12 heteroatoms. The normalized spacial score (nSPS) is 12.3. The van der Waals surface area contributed by atoms with Gasteiger partial charge < -0.3 is 29.8 Å². The molecule has 0 fully saturated rings. The number of carbonyl (C=O) groups is 2. The zero-order chi connectivity index (χ0) is 32.6. The molecule has 2 heterocycles. The van der Waals surface area contributed by atoms with E-state index in [0.717, 1.165) is 16.5 Å². The monoisotopic (exact) mass is 661 g/mol. The van der Waals surface area contributed by atoms with Crippen LogP contribution in [0.15, 0.2) is 85.1 Å². The number of methoxy groups -OCH3 is 1. The number of carbonyl (C=O) groups excluding carboxylic acids is 2. The van der Waals surface area contributed by atoms with Crippen molar-refractivity contribution in [1.29, 1.82) is 0 Å². The first kappa shape index (κ1) is 32.7. The predicted molar refractivity (Wildman–Crippen MR) is 179 cm³/mol. The van der Waals surface area contributed by atoms with E-state index in [0.29, 0.717) is 57.7 Å². The van der Waals surface area contributed by atoms with E-state index >= 15 is 4.39 Å². The zero-order valence-electron chi connectivity index (χ0n) is 25.2. The molecule has 238 valence electrons. The minimum absolute atomic E-state index is 0.0729. The third-order valence-electron chi connectivity index (χ3n) is 7.02. The van der Waals surface area contributed by atoms with Gasteiger partial charge in [-0.15, -0.1) is 11.3 Å². The Morgan fingerprint density at radius 2 is 1.87 bits per heavy atom. The van der Waals surface area contributed by atoms with Crippen molar-refractivity contribution in [3.63, 3.8) is 0 Å². The molecule has 3 N–H and O–H groups in total. The molecule has 2 amide bonds. The van der Waals surface area contributed by atoms with Gasteiger partial charge in [-0.25, -0.2) is 4.39 Å². The van der Waals surface area contributed by atoms with Crippen LogP contribution in [-0.2, 0) is 20.8 Å². The Kier molecular flexibility index (Phi) is 10.7. The summed E-state index contributed by atoms with van der Waals surface area (Å²) in [6.45, 7) is 2.37. The summed E-state index contributed by atoms with van der Waals surface area (Å²) in [5.74, 6) is -1.26. The molecule has 9 nitrogen and oxygen atoms in total. The second-order valence-electron chi connectivity index (χ2n) is 10.1. The summed E-state index contributed by atoms with van der Waals surface area (Å²) in [4.78, 5) is 30.7. The predicted octanol–water partition coefficient (Wildman–Crippen LogP) is 6.65. The first-order chi connectivity index (χ1) is 22.3. The summed E-state index contributed by atoms with van der Waals surface area (Å²) in [5, 5.41) is 2.63. The number of anilines is 1. The number of nitrogens with one attached hydrogen (secondary N) is 1. The maximum atomic E-state index is 15.4. The Bertz CT molecular complexity index is 1850. The quantitative estimate of drug-likeness (QED) is 0.0773. The number of hydrogen-bond donors (Lipinski definition) is 2. The van der Waals surface area contributed by atoms with Crippen molar-refractivity contribution in [1.82, 2.24) is 4.98 Å². The van der Waals surface area contributed by atoms with Crippen molar-refractivity contribution < 1.29 is 32.7 Å². The minimum Gasteiger partial charge on any atom is -0.616 e. The maximum Gasteiger partial charge on any atom is 0.241 e. The van der Waals surface area contributed by atoms with Gasteiger partial charge in [0.1, 0.15) is 34.7 Å². The molecule has 0 aliphatic heterocycles. The van der Waals surface area contributed by atoms with Crippen LogP contribution in [-0.4, -0.2) is 46.6 Å². The van der Waals surface area contributed by atoms with Gasteiger partial charge in [0.05, 0.1) is 29.6 Å². The Morgan fingerprint density at radius 3 is 2.63 bits per heavy atom. The van der Waals surface area contributed by atoms with Gasteiger partial charge in [-0.1, -0.05) is 41.5 Å². The lowest BCUT2D eigenvalue weighted by Crippen LogP contribution is -2.32. The van der Waals surface area contributed by atoms with E-state index in [1.165, 1.54) is 30.6 Å². The molecule has 5 rings (SSSR count). The van der Waals surface area contributed by atoms with Gasteiger partial charge in [0, 0.05) is 23.6 Å². The zero-order valence-corrected chi connectivity index (χ0v) is 26.8. The number of para-hydroxylation sites is 2. The van der Waals surface area contributed by atoms with Gasteiger partial charge in [-0.2, -0.15) is 0 Å². The molecule has 2 unspecified atom stereocenters. The summed E-state index contributed by atoms with van der Waals surface area (Å²) < 4.78 is 44.9. The Hall–Kier alpha value is -4.65. The molecule has 5 aromatic rings. The van der Waals surface area contributed by atoms with Crippen molar-refractivity contribution in [3.8, 4) is 33.4 Å². The standard InChI is InChI=1S/C34H32FN3O6S2/c1-3-46(41)17-7-16-43-23-9-6-8-21(18-23)30-20-26-32(45-30)29(14-15-37-26)44-27-13-12-22(19-24(27)35)31(33(36)39)34(40)38-25-10-4-5-11-28(25)42-2/h4-6,8-15,18-20,31H,3,7,16-17H2,1-2H3,(H2,36,39)(H,38,40). The number of benzene rings is 3. The van der Waals surface area contributed by atoms with Crippen molar-refractivity contribution >= 4 is 50.2 Å². The summed E-state index contributed by atoms with van der Waals surface area (Å²) >= 11 is 0.614. The van der Waals surface area contributed by atoms with Gasteiger partial charge in [-0.05, 0) is 60.5 Å². The van der Waals surface area contributed by atoms with Crippen LogP contribution in [0.4, 0.5) is 10.1 Å². The van der Waals surface area contributed by atoms with Crippen LogP contribution in [0.5, 0.6) is 23.0 Å². The van der Waals surface area contributed by atoms with Crippen LogP contribution < -0.4 is 25.3 Å². The van der Waals surface area contributed by atoms with E-state index in [9.17, 15) is 14.1 Å². The topological polar surface area (TPSA) is 136 Å². The van der Waals surface area contributed by atoms with E-state index in [4.69, 9.17) is 19.9 Å². The molecule has 0 saturated heterocycles. The average molecular weight is 662 g/mol. The number of nitrogens with two attached hydrogens (primary N) is 1. The third kappa shape index (κ3) is 7.76. The van der Waals surface area contributed by atoms with Gasteiger partial charge in [-0.3, -0.25) is 14.6 Å². The van der Waals surface area contributed by atoms with E-state index in [1.54, 1.807) is 36.5 Å². The maximum absolute atomic E-state index is 15.4. The molecule has 0 aliphatic rings. The number of primary amides is 1. The van der Waals surface area contributed by atoms with E-state index in [2.05, 4.69) is 10.3 Å². The van der Waals surface area contributed by atoms with Crippen LogP contribution in [0.2, 0.25) is 0 Å². The summed E-state index contributed by atoms with van der Waals surface area (Å²) in [5.41, 5.74) is 7.57. The van der Waals surface area contributed by atoms with Crippen molar-refractivity contribution in [2.45, 2.75) is 19.3 Å². The van der Waals surface area contributed by atoms with Gasteiger partial charge in [0.2, 0.25) is 11.8 Å². The van der Waals surface area contributed by atoms with Gasteiger partial charge in [0.25, 0.3) is 0 Å². The van der Waals surface area contributed by atoms with E-state index in [-0.39, 0.29) is 11.3 Å². The second-order valence-corrected chi connectivity index (χ2v) is 13.0. The summed E-state index contributed by atoms with van der Waals surface area (Å²) in [6.07, 6.45) is 2.28. The van der Waals surface area contributed by atoms with Crippen LogP contribution in [0.3, 0.4) is 0 Å². The lowest BCUT2D eigenvalue weighted by molar-refractivity contribution is -0.127. The highest BCUT2D eigenvalue weighted by molar-refractivity contribution is 7.91. The molecule has 0 spiro atoms. The van der Waals surface area contributed by atoms with E-state index < -0.39 is 34.7 Å². The third-order valence-corrected chi connectivity index (χ3v) is 9.60. The minimum atomic E-state index is -1.46. The Labute approximate surface area is 272 Å². The highest BCUT2D eigenvalue weighted by atomic mass is 32.2. The Morgan fingerprint density at radius 1 is 1.04 bits per heavy atom. The van der Waals surface area contributed by atoms with Crippen LogP contribution in [0, 0.1) is 5.82 Å². The number of hydrogen-bond acceptors (Lipinski definition) is 8. The van der Waals surface area contributed by atoms with Crippen LogP contribution in [0.25, 0.3) is 20.7 Å². The molecule has 0 bridgehead atoms. The molecule has 0 saturated carbocycles. The average Bonchev–Trinajstić information content (AvgIpc) is 3.50. The van der Waals surface area contributed by atoms with Crippen molar-refractivity contribution in [2.75, 3.05) is 30.5 Å². The van der Waals surface area contributed by atoms with Crippen molar-refractivity contribution in [3.05, 3.63) is 96.4 Å². The molecule has 2 aromatic heterocycles. The molecule has 2 atom stereocenters. The number of fused-ring (bicyclic) bond motifs is 1. The molecular weight excluding hydrogens is 630 g/mol. The highest BCUT2D eigenvalue weighted by Gasteiger charge is 2.28. The molecule has 3 aromatic carbocycles. The molecular formula is C34H32FN3O6S2. The summed E-state index contributed by atoms with van der Waals surface area (Å²) in [6, 6.07) is 21.8. The first-order valence-corrected chi connectivity index (χ1v) is 16.7. The largest absolute Gasteiger partial charge is 0.616 e. The van der Waals surface area contributed by atoms with Crippen LogP contribution >= 0.6 is 11.3 Å². The fraction of sp³-hybridized carbons (Fsp3) is 0.206. The molecule has 0 radical (unpaired) electrons. The first-order valence-electron chi connectivity index (χ1n) is 14.4. The molecule has 46 heavy (non-hydrogen) atoms. The number of rotatable bonds is 14. The smallest absolute Gasteiger partial charge is 0.241 e. The second kappa shape index (κ2) is 15.1. The number of nitrogens with zero attached hydrogens (tertiary/aromatic N) is 1. The van der Waals surface area contributed by atoms with Crippen LogP contribution in [0.1, 0.15) is 24.8 Å². The van der Waals surface area contributed by atoms with Gasteiger partial charge in [0.15, 0.2) is 11.6 Å². The lowest BCUT2D eigenvalue weighted by Gasteiger charge is -2.16. The molecule has 0 aliphatic carbocycles. The SMILES string of the molecule is CC[S+]([O-])CCCOc1cccc(-c2cc3nccc(Oc4ccc(C(C(N)=O)C(=O)Nc5ccccc5OC)cc4F)c3s2)c1. The van der Waals surface area contributed by atoms with Gasteiger partial charge >= 0.3 is 0 Å². The van der Waals surface area contributed by atoms with E-state index in [1.807, 2.05) is 37.3 Å². The van der Waals surface area contributed by atoms with Crippen molar-refractivity contribution in [2.24, 2.45) is 5.73 Å². The fourth-order valence-corrected chi connectivity index (χ4v) is 6.52. The summed E-state index contributed by atoms with van der Waals surface area (Å²) in [7, 11) is 1.45. The number of ether oxygens (including phenoxy) is 3. The number of aromatic nitrogens is 1. The number of amides is 2. The highest BCUT2D eigenvalue weighted by Crippen LogP contribution is 2.40. The number of halogens is 1. The number of thiophene rings is 1. The number of pyridine rings is 1. The fourth-order valence-electron chi connectivity index (χ4n) is 4.73.